The number of benzene rings is 3. The number of halogens is 1. The van der Waals surface area contributed by atoms with Crippen LogP contribution in [-0.4, -0.2) is 21.4 Å². The molecular formula is C24H21ClN2O3S. The predicted molar refractivity (Wildman–Crippen MR) is 126 cm³/mol. The van der Waals surface area contributed by atoms with Gasteiger partial charge in [0.05, 0.1) is 5.69 Å². The van der Waals surface area contributed by atoms with Gasteiger partial charge < -0.3 is 5.32 Å². The van der Waals surface area contributed by atoms with E-state index in [1.807, 2.05) is 25.1 Å². The molecule has 1 amide bonds. The zero-order valence-electron chi connectivity index (χ0n) is 17.1. The van der Waals surface area contributed by atoms with Gasteiger partial charge >= 0.3 is 0 Å². The highest BCUT2D eigenvalue weighted by Gasteiger charge is 2.39. The Morgan fingerprint density at radius 3 is 2.32 bits per heavy atom. The van der Waals surface area contributed by atoms with Gasteiger partial charge in [-0.1, -0.05) is 61.0 Å². The number of carbonyl (C=O) groups is 1. The van der Waals surface area contributed by atoms with Crippen molar-refractivity contribution in [3.05, 3.63) is 99.4 Å². The molecule has 0 saturated carbocycles. The summed E-state index contributed by atoms with van der Waals surface area (Å²) in [5, 5.41) is 3.20. The minimum Gasteiger partial charge on any atom is -0.321 e. The number of sulfonamides is 1. The second-order valence-corrected chi connectivity index (χ2v) is 9.55. The van der Waals surface area contributed by atoms with E-state index in [-0.39, 0.29) is 4.91 Å². The van der Waals surface area contributed by atoms with Gasteiger partial charge in [-0.15, -0.1) is 0 Å². The number of carbonyl (C=O) groups excluding carboxylic acids is 1. The Labute approximate surface area is 187 Å². The normalized spacial score (nSPS) is 14.9. The van der Waals surface area contributed by atoms with E-state index in [9.17, 15) is 13.2 Å². The first-order chi connectivity index (χ1) is 14.8. The van der Waals surface area contributed by atoms with Gasteiger partial charge in [-0.3, -0.25) is 9.10 Å². The van der Waals surface area contributed by atoms with Crippen molar-refractivity contribution in [2.24, 2.45) is 0 Å². The smallest absolute Gasteiger partial charge is 0.270 e. The maximum atomic E-state index is 13.5. The van der Waals surface area contributed by atoms with Gasteiger partial charge in [0.15, 0.2) is 4.91 Å². The zero-order valence-corrected chi connectivity index (χ0v) is 18.7. The average molecular weight is 453 g/mol. The molecule has 7 heteroatoms. The second kappa shape index (κ2) is 8.21. The molecule has 0 radical (unpaired) electrons. The van der Waals surface area contributed by atoms with Gasteiger partial charge in [-0.05, 0) is 47.9 Å². The van der Waals surface area contributed by atoms with E-state index in [4.69, 9.17) is 11.6 Å². The number of hydrogen-bond donors (Lipinski definition) is 1. The van der Waals surface area contributed by atoms with Crippen molar-refractivity contribution < 1.29 is 13.2 Å². The number of nitrogens with zero attached hydrogens (tertiary/aromatic N) is 1. The van der Waals surface area contributed by atoms with E-state index < -0.39 is 15.9 Å². The van der Waals surface area contributed by atoms with Gasteiger partial charge in [0.25, 0.3) is 15.9 Å². The Hall–Kier alpha value is -3.09. The van der Waals surface area contributed by atoms with E-state index in [1.54, 1.807) is 54.6 Å². The van der Waals surface area contributed by atoms with Crippen molar-refractivity contribution in [2.75, 3.05) is 16.7 Å². The van der Waals surface area contributed by atoms with E-state index in [0.717, 1.165) is 16.3 Å². The molecule has 1 aliphatic rings. The first kappa shape index (κ1) is 21.2. The molecule has 158 valence electrons. The maximum Gasteiger partial charge on any atom is 0.270 e. The first-order valence-corrected chi connectivity index (χ1v) is 11.6. The lowest BCUT2D eigenvalue weighted by Crippen LogP contribution is -2.37. The summed E-state index contributed by atoms with van der Waals surface area (Å²) >= 11 is 6.24. The Balaban J connectivity index is 1.93. The third-order valence-electron chi connectivity index (χ3n) is 5.30. The van der Waals surface area contributed by atoms with Gasteiger partial charge in [0, 0.05) is 28.9 Å². The van der Waals surface area contributed by atoms with Crippen molar-refractivity contribution in [2.45, 2.75) is 13.3 Å². The summed E-state index contributed by atoms with van der Waals surface area (Å²) in [6.07, 6.45) is 0.869. The number of hydrogen-bond acceptors (Lipinski definition) is 3. The minimum absolute atomic E-state index is 0.310. The second-order valence-electron chi connectivity index (χ2n) is 7.21. The van der Waals surface area contributed by atoms with Crippen LogP contribution in [0.15, 0.2) is 77.7 Å². The molecule has 1 N–H and O–H groups in total. The summed E-state index contributed by atoms with van der Waals surface area (Å²) in [6, 6.07) is 21.3. The highest BCUT2D eigenvalue weighted by molar-refractivity contribution is 7.97. The number of amides is 1. The standard InChI is InChI=1S/C24H21ClN2O3S/c1-3-16-9-12-19(13-10-16)26-24(28)23-22(17-7-5-4-6-8-17)20-15-18(25)11-14-21(20)27(2)31(23,29)30/h4-15H,3H2,1-2H3,(H,26,28). The van der Waals surface area contributed by atoms with E-state index in [2.05, 4.69) is 5.32 Å². The van der Waals surface area contributed by atoms with Crippen LogP contribution in [0.1, 0.15) is 23.6 Å². The third kappa shape index (κ3) is 3.84. The van der Waals surface area contributed by atoms with Crippen molar-refractivity contribution in [1.29, 1.82) is 0 Å². The molecule has 1 heterocycles. The molecule has 4 rings (SSSR count). The molecule has 0 bridgehead atoms. The van der Waals surface area contributed by atoms with Crippen LogP contribution in [0.5, 0.6) is 0 Å². The molecule has 0 fully saturated rings. The van der Waals surface area contributed by atoms with Crippen LogP contribution in [0.2, 0.25) is 5.02 Å². The van der Waals surface area contributed by atoms with Crippen LogP contribution < -0.4 is 9.62 Å². The monoisotopic (exact) mass is 452 g/mol. The molecule has 0 aliphatic carbocycles. The van der Waals surface area contributed by atoms with Crippen LogP contribution in [0.25, 0.3) is 5.57 Å². The Bertz CT molecular complexity index is 1280. The van der Waals surface area contributed by atoms with E-state index in [0.29, 0.717) is 33.1 Å². The molecule has 3 aromatic carbocycles. The lowest BCUT2D eigenvalue weighted by atomic mass is 9.95. The minimum atomic E-state index is -4.10. The van der Waals surface area contributed by atoms with Crippen LogP contribution in [0.4, 0.5) is 11.4 Å². The molecule has 31 heavy (non-hydrogen) atoms. The molecule has 0 spiro atoms. The topological polar surface area (TPSA) is 66.5 Å². The largest absolute Gasteiger partial charge is 0.321 e. The fraction of sp³-hybridized carbons (Fsp3) is 0.125. The summed E-state index contributed by atoms with van der Waals surface area (Å²) in [4.78, 5) is 13.0. The molecule has 0 unspecified atom stereocenters. The van der Waals surface area contributed by atoms with E-state index >= 15 is 0 Å². The van der Waals surface area contributed by atoms with Crippen LogP contribution >= 0.6 is 11.6 Å². The van der Waals surface area contributed by atoms with Crippen molar-refractivity contribution in [1.82, 2.24) is 0 Å². The number of fused-ring (bicyclic) bond motifs is 1. The fourth-order valence-electron chi connectivity index (χ4n) is 3.63. The molecule has 1 aliphatic heterocycles. The summed E-state index contributed by atoms with van der Waals surface area (Å²) in [5.74, 6) is -0.694. The lowest BCUT2D eigenvalue weighted by Gasteiger charge is -2.31. The highest BCUT2D eigenvalue weighted by atomic mass is 35.5. The maximum absolute atomic E-state index is 13.5. The average Bonchev–Trinajstić information content (AvgIpc) is 2.77. The van der Waals surface area contributed by atoms with Gasteiger partial charge in [-0.2, -0.15) is 0 Å². The predicted octanol–water partition coefficient (Wildman–Crippen LogP) is 5.08. The third-order valence-corrected chi connectivity index (χ3v) is 7.36. The van der Waals surface area contributed by atoms with Crippen molar-refractivity contribution in [3.63, 3.8) is 0 Å². The van der Waals surface area contributed by atoms with Crippen molar-refractivity contribution >= 4 is 44.5 Å². The summed E-state index contributed by atoms with van der Waals surface area (Å²) in [5.41, 5.74) is 3.65. The van der Waals surface area contributed by atoms with E-state index in [1.165, 1.54) is 7.05 Å². The molecule has 3 aromatic rings. The van der Waals surface area contributed by atoms with Crippen LogP contribution in [0.3, 0.4) is 0 Å². The quantitative estimate of drug-likeness (QED) is 0.600. The number of rotatable bonds is 4. The van der Waals surface area contributed by atoms with Gasteiger partial charge in [-0.25, -0.2) is 8.42 Å². The molecule has 0 aromatic heterocycles. The number of anilines is 2. The van der Waals surface area contributed by atoms with Gasteiger partial charge in [0.2, 0.25) is 0 Å². The van der Waals surface area contributed by atoms with Crippen LogP contribution in [0, 0.1) is 0 Å². The number of aryl methyl sites for hydroxylation is 1. The first-order valence-electron chi connectivity index (χ1n) is 9.81. The molecule has 0 saturated heterocycles. The Kier molecular flexibility index (Phi) is 5.60. The highest BCUT2D eigenvalue weighted by Crippen LogP contribution is 2.43. The Morgan fingerprint density at radius 1 is 1.00 bits per heavy atom. The Morgan fingerprint density at radius 2 is 1.68 bits per heavy atom. The fourth-order valence-corrected chi connectivity index (χ4v) is 5.27. The van der Waals surface area contributed by atoms with Crippen LogP contribution in [-0.2, 0) is 21.2 Å². The van der Waals surface area contributed by atoms with Gasteiger partial charge in [0.1, 0.15) is 0 Å². The molecular weight excluding hydrogens is 432 g/mol. The summed E-state index contributed by atoms with van der Waals surface area (Å²) in [6.45, 7) is 2.04. The lowest BCUT2D eigenvalue weighted by molar-refractivity contribution is -0.112. The molecule has 0 atom stereocenters. The summed E-state index contributed by atoms with van der Waals surface area (Å²) < 4.78 is 28.0. The molecule has 5 nitrogen and oxygen atoms in total. The summed E-state index contributed by atoms with van der Waals surface area (Å²) in [7, 11) is -2.66. The SMILES string of the molecule is CCc1ccc(NC(=O)C2=C(c3ccccc3)c3cc(Cl)ccc3N(C)S2(=O)=O)cc1. The number of nitrogens with one attached hydrogen (secondary N) is 1. The zero-order chi connectivity index (χ0) is 22.2. The van der Waals surface area contributed by atoms with Crippen molar-refractivity contribution in [3.8, 4) is 0 Å².